The van der Waals surface area contributed by atoms with Crippen LogP contribution in [0.5, 0.6) is 5.75 Å². The molecule has 2 aromatic rings. The van der Waals surface area contributed by atoms with E-state index in [9.17, 15) is 0 Å². The molecule has 2 heteroatoms. The third-order valence-electron chi connectivity index (χ3n) is 2.00. The van der Waals surface area contributed by atoms with Gasteiger partial charge in [-0.1, -0.05) is 48.5 Å². The topological polar surface area (TPSA) is 40.5 Å². The van der Waals surface area contributed by atoms with Gasteiger partial charge in [-0.2, -0.15) is 0 Å². The number of aliphatic hydroxyl groups is 1. The summed E-state index contributed by atoms with van der Waals surface area (Å²) in [5, 5.41) is 17.2. The minimum atomic E-state index is 0.240. The molecule has 0 unspecified atom stereocenters. The first-order valence-electron chi connectivity index (χ1n) is 5.21. The summed E-state index contributed by atoms with van der Waals surface area (Å²) in [5.74, 6) is 0.322. The van der Waals surface area contributed by atoms with Crippen LogP contribution in [0.3, 0.4) is 0 Å². The van der Waals surface area contributed by atoms with Crippen LogP contribution in [-0.4, -0.2) is 16.8 Å². The second-order valence-corrected chi connectivity index (χ2v) is 3.29. The van der Waals surface area contributed by atoms with Crippen molar-refractivity contribution in [1.29, 1.82) is 0 Å². The molecular formula is C14H16O2. The summed E-state index contributed by atoms with van der Waals surface area (Å²) >= 11 is 0. The normalized spacial score (nSPS) is 9.06. The molecule has 84 valence electrons. The highest BCUT2D eigenvalue weighted by molar-refractivity contribution is 5.18. The van der Waals surface area contributed by atoms with Gasteiger partial charge in [0.25, 0.3) is 0 Å². The molecule has 16 heavy (non-hydrogen) atoms. The Morgan fingerprint density at radius 2 is 1.25 bits per heavy atom. The van der Waals surface area contributed by atoms with Crippen molar-refractivity contribution in [2.24, 2.45) is 0 Å². The average molecular weight is 216 g/mol. The molecule has 0 aliphatic heterocycles. The molecule has 0 atom stereocenters. The van der Waals surface area contributed by atoms with Crippen molar-refractivity contribution in [3.8, 4) is 5.75 Å². The highest BCUT2D eigenvalue weighted by Crippen LogP contribution is 2.02. The van der Waals surface area contributed by atoms with Crippen LogP contribution in [0.15, 0.2) is 60.7 Å². The van der Waals surface area contributed by atoms with E-state index in [0.29, 0.717) is 5.75 Å². The first-order chi connectivity index (χ1) is 7.83. The Bertz CT molecular complexity index is 370. The molecule has 0 aromatic heterocycles. The number of phenols is 1. The van der Waals surface area contributed by atoms with Gasteiger partial charge in [-0.25, -0.2) is 0 Å². The Hall–Kier alpha value is -1.80. The molecule has 0 heterocycles. The first-order valence-corrected chi connectivity index (χ1v) is 5.21. The van der Waals surface area contributed by atoms with Gasteiger partial charge in [0.15, 0.2) is 0 Å². The van der Waals surface area contributed by atoms with Gasteiger partial charge < -0.3 is 10.2 Å². The Kier molecular flexibility index (Phi) is 5.74. The number of aromatic hydroxyl groups is 1. The van der Waals surface area contributed by atoms with Crippen LogP contribution in [-0.2, 0) is 6.42 Å². The van der Waals surface area contributed by atoms with E-state index in [0.717, 1.165) is 6.42 Å². The number of rotatable bonds is 2. The van der Waals surface area contributed by atoms with E-state index in [1.165, 1.54) is 5.56 Å². The molecule has 2 nitrogen and oxygen atoms in total. The minimum Gasteiger partial charge on any atom is -0.508 e. The molecule has 0 aliphatic carbocycles. The molecule has 0 saturated heterocycles. The third-order valence-corrected chi connectivity index (χ3v) is 2.00. The van der Waals surface area contributed by atoms with Gasteiger partial charge in [0, 0.05) is 6.61 Å². The lowest BCUT2D eigenvalue weighted by Gasteiger charge is -1.93. The molecule has 0 spiro atoms. The van der Waals surface area contributed by atoms with Gasteiger partial charge in [0.2, 0.25) is 0 Å². The number of para-hydroxylation sites is 1. The van der Waals surface area contributed by atoms with Gasteiger partial charge in [0.1, 0.15) is 5.75 Å². The van der Waals surface area contributed by atoms with E-state index in [1.54, 1.807) is 24.3 Å². The predicted molar refractivity (Wildman–Crippen MR) is 65.3 cm³/mol. The monoisotopic (exact) mass is 216 g/mol. The maximum Gasteiger partial charge on any atom is 0.115 e. The van der Waals surface area contributed by atoms with E-state index >= 15 is 0 Å². The minimum absolute atomic E-state index is 0.240. The number of phenolic OH excluding ortho intramolecular Hbond substituents is 1. The smallest absolute Gasteiger partial charge is 0.115 e. The summed E-state index contributed by atoms with van der Waals surface area (Å²) in [4.78, 5) is 0. The number of aliphatic hydroxyl groups excluding tert-OH is 1. The van der Waals surface area contributed by atoms with Gasteiger partial charge in [-0.3, -0.25) is 0 Å². The zero-order valence-electron chi connectivity index (χ0n) is 9.08. The van der Waals surface area contributed by atoms with Crippen LogP contribution < -0.4 is 0 Å². The summed E-state index contributed by atoms with van der Waals surface area (Å²) < 4.78 is 0. The van der Waals surface area contributed by atoms with Crippen LogP contribution in [0.2, 0.25) is 0 Å². The van der Waals surface area contributed by atoms with Crippen molar-refractivity contribution in [3.63, 3.8) is 0 Å². The summed E-state index contributed by atoms with van der Waals surface area (Å²) in [6.45, 7) is 0.240. The van der Waals surface area contributed by atoms with Crippen molar-refractivity contribution in [2.75, 3.05) is 6.61 Å². The van der Waals surface area contributed by atoms with E-state index in [4.69, 9.17) is 10.2 Å². The molecule has 0 bridgehead atoms. The lowest BCUT2D eigenvalue weighted by molar-refractivity contribution is 0.299. The van der Waals surface area contributed by atoms with Crippen molar-refractivity contribution >= 4 is 0 Å². The molecule has 0 amide bonds. The third kappa shape index (κ3) is 5.17. The van der Waals surface area contributed by atoms with Crippen LogP contribution in [0, 0.1) is 0 Å². The highest BCUT2D eigenvalue weighted by atomic mass is 16.3. The molecule has 2 rings (SSSR count). The van der Waals surface area contributed by atoms with E-state index in [1.807, 2.05) is 36.4 Å². The van der Waals surface area contributed by atoms with Crippen LogP contribution in [0.4, 0.5) is 0 Å². The van der Waals surface area contributed by atoms with Gasteiger partial charge in [0.05, 0.1) is 0 Å². The fourth-order valence-corrected chi connectivity index (χ4v) is 1.20. The average Bonchev–Trinajstić information content (AvgIpc) is 2.33. The maximum absolute atomic E-state index is 8.63. The summed E-state index contributed by atoms with van der Waals surface area (Å²) in [6.07, 6.45) is 0.765. The van der Waals surface area contributed by atoms with E-state index in [2.05, 4.69) is 0 Å². The molecule has 0 fully saturated rings. The molecule has 0 aliphatic rings. The molecular weight excluding hydrogens is 200 g/mol. The zero-order valence-corrected chi connectivity index (χ0v) is 9.08. The largest absolute Gasteiger partial charge is 0.508 e. The fourth-order valence-electron chi connectivity index (χ4n) is 1.20. The lowest BCUT2D eigenvalue weighted by Crippen LogP contribution is -1.88. The zero-order chi connectivity index (χ0) is 11.6. The molecule has 2 aromatic carbocycles. The standard InChI is InChI=1S/C8H10O.C6H6O/c9-7-6-8-4-2-1-3-5-8;7-6-4-2-1-3-5-6/h1-5,9H,6-7H2;1-5,7H. The predicted octanol–water partition coefficient (Wildman–Crippen LogP) is 2.61. The van der Waals surface area contributed by atoms with Gasteiger partial charge in [-0.15, -0.1) is 0 Å². The fraction of sp³-hybridized carbons (Fsp3) is 0.143. The van der Waals surface area contributed by atoms with E-state index in [-0.39, 0.29) is 6.61 Å². The summed E-state index contributed by atoms with van der Waals surface area (Å²) in [6, 6.07) is 18.7. The number of hydrogen-bond donors (Lipinski definition) is 2. The maximum atomic E-state index is 8.63. The summed E-state index contributed by atoms with van der Waals surface area (Å²) in [5.41, 5.74) is 1.19. The van der Waals surface area contributed by atoms with Crippen LogP contribution in [0.1, 0.15) is 5.56 Å². The number of benzene rings is 2. The van der Waals surface area contributed by atoms with E-state index < -0.39 is 0 Å². The molecule has 0 radical (unpaired) electrons. The molecule has 0 saturated carbocycles. The van der Waals surface area contributed by atoms with Crippen molar-refractivity contribution in [1.82, 2.24) is 0 Å². The highest BCUT2D eigenvalue weighted by Gasteiger charge is 1.85. The van der Waals surface area contributed by atoms with Crippen molar-refractivity contribution in [2.45, 2.75) is 6.42 Å². The second kappa shape index (κ2) is 7.49. The van der Waals surface area contributed by atoms with Crippen molar-refractivity contribution < 1.29 is 10.2 Å². The Labute approximate surface area is 95.8 Å². The SMILES string of the molecule is OCCc1ccccc1.Oc1ccccc1. The summed E-state index contributed by atoms with van der Waals surface area (Å²) in [7, 11) is 0. The van der Waals surface area contributed by atoms with Gasteiger partial charge >= 0.3 is 0 Å². The van der Waals surface area contributed by atoms with Crippen LogP contribution >= 0.6 is 0 Å². The first kappa shape index (κ1) is 12.3. The van der Waals surface area contributed by atoms with Gasteiger partial charge in [-0.05, 0) is 24.1 Å². The lowest BCUT2D eigenvalue weighted by atomic mass is 10.2. The van der Waals surface area contributed by atoms with Crippen LogP contribution in [0.25, 0.3) is 0 Å². The Balaban J connectivity index is 0.000000165. The number of hydrogen-bond acceptors (Lipinski definition) is 2. The van der Waals surface area contributed by atoms with Crippen molar-refractivity contribution in [3.05, 3.63) is 66.2 Å². The molecule has 2 N–H and O–H groups in total. The second-order valence-electron chi connectivity index (χ2n) is 3.29. The quantitative estimate of drug-likeness (QED) is 0.810. The Morgan fingerprint density at radius 3 is 1.62 bits per heavy atom. The Morgan fingerprint density at radius 1 is 0.750 bits per heavy atom.